The lowest BCUT2D eigenvalue weighted by Gasteiger charge is -2.04. The van der Waals surface area contributed by atoms with Gasteiger partial charge >= 0.3 is 0 Å². The van der Waals surface area contributed by atoms with Crippen molar-refractivity contribution in [2.24, 2.45) is 0 Å². The molecule has 3 aromatic rings. The molecule has 0 N–H and O–H groups in total. The van der Waals surface area contributed by atoms with E-state index >= 15 is 0 Å². The molecule has 0 saturated heterocycles. The van der Waals surface area contributed by atoms with Gasteiger partial charge in [0.2, 0.25) is 0 Å². The second-order valence-corrected chi connectivity index (χ2v) is 3.61. The normalized spacial score (nSPS) is 10.4. The summed E-state index contributed by atoms with van der Waals surface area (Å²) in [6.45, 7) is 0. The first-order valence-electron chi connectivity index (χ1n) is 5.32. The molecule has 0 radical (unpaired) electrons. The van der Waals surface area contributed by atoms with Gasteiger partial charge in [-0.05, 0) is 24.3 Å². The Hall–Kier alpha value is -2.49. The fourth-order valence-corrected chi connectivity index (χ4v) is 1.69. The molecule has 0 aliphatic heterocycles. The minimum Gasteiger partial charge on any atom is -0.256 e. The van der Waals surface area contributed by atoms with Gasteiger partial charge in [-0.3, -0.25) is 4.98 Å². The molecule has 0 atom stereocenters. The lowest BCUT2D eigenvalue weighted by atomic mass is 10.1. The first-order valence-corrected chi connectivity index (χ1v) is 5.32. The first-order chi connectivity index (χ1) is 8.43. The molecule has 0 bridgehead atoms. The van der Waals surface area contributed by atoms with E-state index in [9.17, 15) is 0 Å². The Morgan fingerprint density at radius 2 is 1.94 bits per heavy atom. The number of hydrogen-bond acceptors (Lipinski definition) is 3. The van der Waals surface area contributed by atoms with Crippen LogP contribution in [0, 0.1) is 0 Å². The maximum Gasteiger partial charge on any atom is 0.0702 e. The zero-order chi connectivity index (χ0) is 11.5. The smallest absolute Gasteiger partial charge is 0.0702 e. The van der Waals surface area contributed by atoms with Crippen molar-refractivity contribution in [3.8, 4) is 16.9 Å². The van der Waals surface area contributed by atoms with Gasteiger partial charge in [0.1, 0.15) is 0 Å². The van der Waals surface area contributed by atoms with E-state index in [-0.39, 0.29) is 0 Å². The van der Waals surface area contributed by atoms with Crippen LogP contribution in [0.2, 0.25) is 0 Å². The SMILES string of the molecule is c1ccc(-c2cccc(-n3ccnn3)c2)nc1. The first kappa shape index (κ1) is 9.72. The quantitative estimate of drug-likeness (QED) is 0.668. The molecule has 0 unspecified atom stereocenters. The summed E-state index contributed by atoms with van der Waals surface area (Å²) in [5.41, 5.74) is 3.00. The van der Waals surface area contributed by atoms with Crippen LogP contribution in [0.25, 0.3) is 16.9 Å². The summed E-state index contributed by atoms with van der Waals surface area (Å²) < 4.78 is 1.73. The number of pyridine rings is 1. The predicted molar refractivity (Wildman–Crippen MR) is 64.6 cm³/mol. The maximum atomic E-state index is 4.33. The second-order valence-electron chi connectivity index (χ2n) is 3.61. The van der Waals surface area contributed by atoms with Crippen LogP contribution in [0.15, 0.2) is 61.1 Å². The van der Waals surface area contributed by atoms with E-state index in [0.717, 1.165) is 16.9 Å². The Kier molecular flexibility index (Phi) is 2.38. The van der Waals surface area contributed by atoms with E-state index in [2.05, 4.69) is 15.3 Å². The van der Waals surface area contributed by atoms with E-state index in [1.807, 2.05) is 48.7 Å². The summed E-state index contributed by atoms with van der Waals surface area (Å²) in [4.78, 5) is 4.33. The van der Waals surface area contributed by atoms with Gasteiger partial charge in [-0.2, -0.15) is 0 Å². The molecule has 3 rings (SSSR count). The highest BCUT2D eigenvalue weighted by molar-refractivity contribution is 5.61. The third kappa shape index (κ3) is 1.92. The Labute approximate surface area is 98.6 Å². The fourth-order valence-electron chi connectivity index (χ4n) is 1.69. The molecule has 0 aliphatic carbocycles. The van der Waals surface area contributed by atoms with E-state index in [0.29, 0.717) is 0 Å². The van der Waals surface area contributed by atoms with Crippen molar-refractivity contribution in [3.05, 3.63) is 61.1 Å². The lowest BCUT2D eigenvalue weighted by molar-refractivity contribution is 0.803. The van der Waals surface area contributed by atoms with Crippen LogP contribution in [0.3, 0.4) is 0 Å². The van der Waals surface area contributed by atoms with Gasteiger partial charge in [0.15, 0.2) is 0 Å². The molecule has 2 heterocycles. The molecule has 0 amide bonds. The molecule has 1 aromatic carbocycles. The van der Waals surface area contributed by atoms with Crippen molar-refractivity contribution in [2.45, 2.75) is 0 Å². The molecule has 17 heavy (non-hydrogen) atoms. The highest BCUT2D eigenvalue weighted by atomic mass is 15.4. The number of benzene rings is 1. The number of rotatable bonds is 2. The highest BCUT2D eigenvalue weighted by Gasteiger charge is 2.01. The summed E-state index contributed by atoms with van der Waals surface area (Å²) >= 11 is 0. The van der Waals surface area contributed by atoms with Crippen molar-refractivity contribution in [3.63, 3.8) is 0 Å². The highest BCUT2D eigenvalue weighted by Crippen LogP contribution is 2.19. The number of nitrogens with zero attached hydrogens (tertiary/aromatic N) is 4. The van der Waals surface area contributed by atoms with Crippen molar-refractivity contribution in [2.75, 3.05) is 0 Å². The molecular formula is C13H10N4. The van der Waals surface area contributed by atoms with Crippen molar-refractivity contribution in [1.29, 1.82) is 0 Å². The summed E-state index contributed by atoms with van der Waals surface area (Å²) in [5, 5.41) is 7.77. The van der Waals surface area contributed by atoms with Gasteiger partial charge in [-0.1, -0.05) is 23.4 Å². The lowest BCUT2D eigenvalue weighted by Crippen LogP contribution is -1.95. The minimum absolute atomic E-state index is 0.953. The van der Waals surface area contributed by atoms with Gasteiger partial charge in [0, 0.05) is 11.8 Å². The van der Waals surface area contributed by atoms with Gasteiger partial charge in [-0.25, -0.2) is 4.68 Å². The van der Waals surface area contributed by atoms with Crippen molar-refractivity contribution < 1.29 is 0 Å². The zero-order valence-electron chi connectivity index (χ0n) is 9.06. The van der Waals surface area contributed by atoms with Crippen LogP contribution in [-0.2, 0) is 0 Å². The number of aromatic nitrogens is 4. The average Bonchev–Trinajstić information content (AvgIpc) is 2.94. The fraction of sp³-hybridized carbons (Fsp3) is 0. The molecular weight excluding hydrogens is 212 g/mol. The topological polar surface area (TPSA) is 43.6 Å². The van der Waals surface area contributed by atoms with Crippen molar-refractivity contribution in [1.82, 2.24) is 20.0 Å². The Morgan fingerprint density at radius 1 is 0.941 bits per heavy atom. The Morgan fingerprint density at radius 3 is 2.71 bits per heavy atom. The summed E-state index contributed by atoms with van der Waals surface area (Å²) in [5.74, 6) is 0. The maximum absolute atomic E-state index is 4.33. The van der Waals surface area contributed by atoms with Gasteiger partial charge in [0.25, 0.3) is 0 Å². The molecule has 4 heteroatoms. The van der Waals surface area contributed by atoms with Gasteiger partial charge in [-0.15, -0.1) is 5.10 Å². The summed E-state index contributed by atoms with van der Waals surface area (Å²) in [6.07, 6.45) is 5.27. The molecule has 0 fully saturated rings. The predicted octanol–water partition coefficient (Wildman–Crippen LogP) is 2.33. The molecule has 0 spiro atoms. The monoisotopic (exact) mass is 222 g/mol. The standard InChI is InChI=1S/C13H10N4/c1-2-7-14-13(6-1)11-4-3-5-12(10-11)17-9-8-15-16-17/h1-10H. The second kappa shape index (κ2) is 4.17. The third-order valence-electron chi connectivity index (χ3n) is 2.49. The van der Waals surface area contributed by atoms with Crippen molar-refractivity contribution >= 4 is 0 Å². The van der Waals surface area contributed by atoms with Crippen LogP contribution < -0.4 is 0 Å². The molecule has 0 saturated carbocycles. The van der Waals surface area contributed by atoms with Crippen LogP contribution in [0.1, 0.15) is 0 Å². The molecule has 4 nitrogen and oxygen atoms in total. The largest absolute Gasteiger partial charge is 0.256 e. The third-order valence-corrected chi connectivity index (χ3v) is 2.49. The van der Waals surface area contributed by atoms with E-state index < -0.39 is 0 Å². The minimum atomic E-state index is 0.953. The van der Waals surface area contributed by atoms with Crippen LogP contribution in [0.5, 0.6) is 0 Å². The summed E-state index contributed by atoms with van der Waals surface area (Å²) in [7, 11) is 0. The summed E-state index contributed by atoms with van der Waals surface area (Å²) in [6, 6.07) is 13.9. The van der Waals surface area contributed by atoms with Gasteiger partial charge in [0.05, 0.1) is 23.8 Å². The molecule has 82 valence electrons. The number of hydrogen-bond donors (Lipinski definition) is 0. The Balaban J connectivity index is 2.06. The van der Waals surface area contributed by atoms with Gasteiger partial charge < -0.3 is 0 Å². The van der Waals surface area contributed by atoms with E-state index in [4.69, 9.17) is 0 Å². The van der Waals surface area contributed by atoms with Crippen LogP contribution in [0.4, 0.5) is 0 Å². The molecule has 0 aliphatic rings. The van der Waals surface area contributed by atoms with E-state index in [1.165, 1.54) is 0 Å². The average molecular weight is 222 g/mol. The van der Waals surface area contributed by atoms with E-state index in [1.54, 1.807) is 17.1 Å². The van der Waals surface area contributed by atoms with Crippen LogP contribution in [-0.4, -0.2) is 20.0 Å². The Bertz CT molecular complexity index is 602. The van der Waals surface area contributed by atoms with Crippen LogP contribution >= 0.6 is 0 Å². The molecule has 2 aromatic heterocycles. The zero-order valence-corrected chi connectivity index (χ0v) is 9.06.